The van der Waals surface area contributed by atoms with Crippen molar-refractivity contribution in [1.82, 2.24) is 0 Å². The summed E-state index contributed by atoms with van der Waals surface area (Å²) < 4.78 is 4.28. The van der Waals surface area contributed by atoms with Gasteiger partial charge in [0.1, 0.15) is 0 Å². The summed E-state index contributed by atoms with van der Waals surface area (Å²) in [5.74, 6) is 4.29. The quantitative estimate of drug-likeness (QED) is 0.179. The summed E-state index contributed by atoms with van der Waals surface area (Å²) in [6.45, 7) is 1.69. The van der Waals surface area contributed by atoms with Crippen LogP contribution in [0.3, 0.4) is 0 Å². The van der Waals surface area contributed by atoms with E-state index in [1.54, 1.807) is 6.92 Å². The summed E-state index contributed by atoms with van der Waals surface area (Å²) in [5.41, 5.74) is 0. The maximum absolute atomic E-state index is 10.2. The van der Waals surface area contributed by atoms with Crippen LogP contribution in [-0.2, 0) is 9.53 Å². The minimum atomic E-state index is -0.334. The number of carbonyl (C=O) groups excluding carboxylic acids is 1. The third-order valence-corrected chi connectivity index (χ3v) is 0.534. The molecule has 0 aromatic carbocycles. The molecule has 0 bridgehead atoms. The Bertz CT molecular complexity index is 100. The van der Waals surface area contributed by atoms with Gasteiger partial charge in [0, 0.05) is 6.42 Å². The first kappa shape index (κ1) is 6.94. The molecule has 0 rings (SSSR count). The molecule has 0 aromatic heterocycles. The van der Waals surface area contributed by atoms with E-state index in [2.05, 4.69) is 15.7 Å². The van der Waals surface area contributed by atoms with Gasteiger partial charge >= 0.3 is 5.97 Å². The van der Waals surface area contributed by atoms with Gasteiger partial charge in [-0.2, -0.15) is 5.10 Å². The largest absolute Gasteiger partial charge is 0.413 e. The molecule has 0 aliphatic heterocycles. The highest BCUT2D eigenvalue weighted by molar-refractivity contribution is 5.77. The lowest BCUT2D eigenvalue weighted by Crippen LogP contribution is -2.00. The molecule has 0 saturated carbocycles. The summed E-state index contributed by atoms with van der Waals surface area (Å²) in [7, 11) is 0. The Labute approximate surface area is 47.3 Å². The SMILES string of the molecule is CCC(=O)OC=NN. The second kappa shape index (κ2) is 4.11. The molecule has 0 spiro atoms. The Morgan fingerprint density at radius 3 is 3.00 bits per heavy atom. The predicted octanol–water partition coefficient (Wildman–Crippen LogP) is -0.158. The van der Waals surface area contributed by atoms with Crippen molar-refractivity contribution in [3.8, 4) is 0 Å². The molecule has 8 heavy (non-hydrogen) atoms. The molecule has 0 amide bonds. The van der Waals surface area contributed by atoms with Crippen LogP contribution in [0, 0.1) is 0 Å². The van der Waals surface area contributed by atoms with Gasteiger partial charge in [-0.25, -0.2) is 0 Å². The molecule has 0 atom stereocenters. The zero-order valence-electron chi connectivity index (χ0n) is 4.63. The fourth-order valence-corrected chi connectivity index (χ4v) is 0.173. The fourth-order valence-electron chi connectivity index (χ4n) is 0.173. The molecular weight excluding hydrogens is 108 g/mol. The van der Waals surface area contributed by atoms with E-state index in [0.717, 1.165) is 6.40 Å². The first-order valence-corrected chi connectivity index (χ1v) is 2.22. The first-order chi connectivity index (χ1) is 3.81. The van der Waals surface area contributed by atoms with E-state index in [-0.39, 0.29) is 5.97 Å². The second-order valence-corrected chi connectivity index (χ2v) is 1.10. The van der Waals surface area contributed by atoms with Crippen molar-refractivity contribution in [2.75, 3.05) is 0 Å². The normalized spacial score (nSPS) is 9.62. The topological polar surface area (TPSA) is 64.7 Å². The molecule has 0 radical (unpaired) electrons. The van der Waals surface area contributed by atoms with Crippen molar-refractivity contribution >= 4 is 12.4 Å². The molecule has 2 N–H and O–H groups in total. The van der Waals surface area contributed by atoms with Crippen molar-refractivity contribution in [2.45, 2.75) is 13.3 Å². The van der Waals surface area contributed by atoms with Gasteiger partial charge in [0.15, 0.2) is 0 Å². The number of nitrogens with two attached hydrogens (primary N) is 1. The summed E-state index contributed by atoms with van der Waals surface area (Å²) in [5, 5.41) is 2.96. The molecule has 46 valence electrons. The number of ether oxygens (including phenoxy) is 1. The maximum Gasteiger partial charge on any atom is 0.311 e. The minimum absolute atomic E-state index is 0.334. The van der Waals surface area contributed by atoms with Crippen molar-refractivity contribution < 1.29 is 9.53 Å². The lowest BCUT2D eigenvalue weighted by Gasteiger charge is -1.88. The number of nitrogens with zero attached hydrogens (tertiary/aromatic N) is 1. The van der Waals surface area contributed by atoms with E-state index in [4.69, 9.17) is 0 Å². The monoisotopic (exact) mass is 116 g/mol. The standard InChI is InChI=1S/C4H8N2O2/c1-2-4(7)8-3-6-5/h3H,2,5H2,1H3. The molecule has 4 nitrogen and oxygen atoms in total. The molecule has 0 aliphatic rings. The molecule has 0 heterocycles. The number of esters is 1. The summed E-state index contributed by atoms with van der Waals surface area (Å²) in [6, 6.07) is 0. The van der Waals surface area contributed by atoms with Crippen LogP contribution < -0.4 is 5.84 Å². The highest BCUT2D eigenvalue weighted by Gasteiger charge is 1.91. The zero-order valence-corrected chi connectivity index (χ0v) is 4.63. The minimum Gasteiger partial charge on any atom is -0.413 e. The average Bonchev–Trinajstić information content (AvgIpc) is 1.83. The van der Waals surface area contributed by atoms with Crippen LogP contribution in [0.2, 0.25) is 0 Å². The number of hydrogen-bond donors (Lipinski definition) is 1. The number of hydrazone groups is 1. The number of hydrogen-bond acceptors (Lipinski definition) is 4. The van der Waals surface area contributed by atoms with Crippen molar-refractivity contribution in [2.24, 2.45) is 10.9 Å². The highest BCUT2D eigenvalue weighted by Crippen LogP contribution is 1.78. The van der Waals surface area contributed by atoms with Gasteiger partial charge in [-0.05, 0) is 0 Å². The van der Waals surface area contributed by atoms with Gasteiger partial charge in [-0.15, -0.1) is 0 Å². The highest BCUT2D eigenvalue weighted by atomic mass is 16.5. The van der Waals surface area contributed by atoms with E-state index in [9.17, 15) is 4.79 Å². The van der Waals surface area contributed by atoms with E-state index in [1.165, 1.54) is 0 Å². The van der Waals surface area contributed by atoms with E-state index in [0.29, 0.717) is 6.42 Å². The lowest BCUT2D eigenvalue weighted by molar-refractivity contribution is -0.134. The van der Waals surface area contributed by atoms with Crippen molar-refractivity contribution in [3.63, 3.8) is 0 Å². The third kappa shape index (κ3) is 3.14. The Hall–Kier alpha value is -1.06. The Balaban J connectivity index is 3.25. The third-order valence-electron chi connectivity index (χ3n) is 0.534. The summed E-state index contributed by atoms with van der Waals surface area (Å²) in [6.07, 6.45) is 1.25. The Kier molecular flexibility index (Phi) is 3.56. The van der Waals surface area contributed by atoms with E-state index >= 15 is 0 Å². The number of carbonyl (C=O) groups is 1. The van der Waals surface area contributed by atoms with E-state index in [1.807, 2.05) is 0 Å². The molecule has 0 unspecified atom stereocenters. The summed E-state index contributed by atoms with van der Waals surface area (Å²) >= 11 is 0. The zero-order chi connectivity index (χ0) is 6.41. The average molecular weight is 116 g/mol. The second-order valence-electron chi connectivity index (χ2n) is 1.10. The maximum atomic E-state index is 10.2. The fraction of sp³-hybridized carbons (Fsp3) is 0.500. The molecule has 0 fully saturated rings. The van der Waals surface area contributed by atoms with Gasteiger partial charge in [0.2, 0.25) is 6.40 Å². The number of rotatable bonds is 2. The van der Waals surface area contributed by atoms with Crippen LogP contribution in [0.15, 0.2) is 5.10 Å². The Morgan fingerprint density at radius 1 is 2.00 bits per heavy atom. The lowest BCUT2D eigenvalue weighted by atomic mass is 10.5. The molecule has 0 aliphatic carbocycles. The Morgan fingerprint density at radius 2 is 2.62 bits per heavy atom. The van der Waals surface area contributed by atoms with Crippen molar-refractivity contribution in [1.29, 1.82) is 0 Å². The van der Waals surface area contributed by atoms with Crippen LogP contribution >= 0.6 is 0 Å². The van der Waals surface area contributed by atoms with Gasteiger partial charge in [0.05, 0.1) is 0 Å². The van der Waals surface area contributed by atoms with E-state index < -0.39 is 0 Å². The van der Waals surface area contributed by atoms with Crippen LogP contribution in [-0.4, -0.2) is 12.4 Å². The van der Waals surface area contributed by atoms with Gasteiger partial charge in [-0.1, -0.05) is 6.92 Å². The molecule has 4 heteroatoms. The van der Waals surface area contributed by atoms with Crippen LogP contribution in [0.4, 0.5) is 0 Å². The van der Waals surface area contributed by atoms with Crippen LogP contribution in [0.1, 0.15) is 13.3 Å². The smallest absolute Gasteiger partial charge is 0.311 e. The van der Waals surface area contributed by atoms with Crippen molar-refractivity contribution in [3.05, 3.63) is 0 Å². The van der Waals surface area contributed by atoms with Crippen LogP contribution in [0.25, 0.3) is 0 Å². The molecule has 0 aromatic rings. The van der Waals surface area contributed by atoms with Crippen LogP contribution in [0.5, 0.6) is 0 Å². The predicted molar refractivity (Wildman–Crippen MR) is 29.1 cm³/mol. The molecular formula is C4H8N2O2. The summed E-state index contributed by atoms with van der Waals surface area (Å²) in [4.78, 5) is 10.2. The van der Waals surface area contributed by atoms with Gasteiger partial charge < -0.3 is 10.6 Å². The van der Waals surface area contributed by atoms with Gasteiger partial charge in [0.25, 0.3) is 0 Å². The first-order valence-electron chi connectivity index (χ1n) is 2.22. The van der Waals surface area contributed by atoms with Gasteiger partial charge in [-0.3, -0.25) is 4.79 Å². The molecule has 0 saturated heterocycles.